The van der Waals surface area contributed by atoms with Gasteiger partial charge in [0.1, 0.15) is 12.1 Å². The van der Waals surface area contributed by atoms with Crippen molar-refractivity contribution < 1.29 is 29.0 Å². The summed E-state index contributed by atoms with van der Waals surface area (Å²) in [6.45, 7) is 4.53. The normalized spacial score (nSPS) is 21.7. The van der Waals surface area contributed by atoms with Crippen LogP contribution in [0.2, 0.25) is 0 Å². The second-order valence-corrected chi connectivity index (χ2v) is 7.70. The molecule has 146 valence electrons. The number of imide groups is 1. The summed E-state index contributed by atoms with van der Waals surface area (Å²) in [5, 5.41) is 11.7. The maximum Gasteiger partial charge on any atom is 0.408 e. The molecule has 2 fully saturated rings. The van der Waals surface area contributed by atoms with Gasteiger partial charge >= 0.3 is 18.1 Å². The van der Waals surface area contributed by atoms with Gasteiger partial charge in [0.2, 0.25) is 0 Å². The highest BCUT2D eigenvalue weighted by molar-refractivity contribution is 6.02. The number of hydrogen-bond donors (Lipinski definition) is 2. The number of carboxylic acids is 1. The first-order valence-electron chi connectivity index (χ1n) is 8.92. The van der Waals surface area contributed by atoms with Gasteiger partial charge in [-0.05, 0) is 33.6 Å². The average molecular weight is 369 g/mol. The van der Waals surface area contributed by atoms with E-state index in [1.165, 1.54) is 4.90 Å². The summed E-state index contributed by atoms with van der Waals surface area (Å²) in [5.41, 5.74) is -0.724. The molecular weight excluding hydrogens is 342 g/mol. The van der Waals surface area contributed by atoms with Crippen LogP contribution in [0.1, 0.15) is 52.9 Å². The fraction of sp³-hybridized carbons (Fsp3) is 0.765. The number of carbonyl (C=O) groups is 4. The summed E-state index contributed by atoms with van der Waals surface area (Å²) >= 11 is 0. The van der Waals surface area contributed by atoms with Gasteiger partial charge in [0.05, 0.1) is 6.54 Å². The summed E-state index contributed by atoms with van der Waals surface area (Å²) < 4.78 is 5.04. The zero-order valence-corrected chi connectivity index (χ0v) is 15.5. The molecule has 0 aromatic heterocycles. The molecule has 1 heterocycles. The number of aliphatic carboxylic acids is 1. The molecule has 1 aliphatic carbocycles. The SMILES string of the molecule is CC(C)(C)OC(=O)NCC(=O)N1C(=O)N(C2CCCCC2)CC1C(=O)O. The largest absolute Gasteiger partial charge is 0.480 e. The number of ether oxygens (including phenoxy) is 1. The number of rotatable bonds is 4. The lowest BCUT2D eigenvalue weighted by atomic mass is 9.94. The minimum absolute atomic E-state index is 0.0169. The van der Waals surface area contributed by atoms with Gasteiger partial charge in [-0.2, -0.15) is 0 Å². The van der Waals surface area contributed by atoms with E-state index in [0.717, 1.165) is 37.0 Å². The van der Waals surface area contributed by atoms with Crippen molar-refractivity contribution in [3.05, 3.63) is 0 Å². The van der Waals surface area contributed by atoms with E-state index in [0.29, 0.717) is 0 Å². The van der Waals surface area contributed by atoms with Crippen molar-refractivity contribution in [2.24, 2.45) is 0 Å². The highest BCUT2D eigenvalue weighted by Crippen LogP contribution is 2.28. The summed E-state index contributed by atoms with van der Waals surface area (Å²) in [6.07, 6.45) is 3.91. The summed E-state index contributed by atoms with van der Waals surface area (Å²) in [7, 11) is 0. The molecule has 2 rings (SSSR count). The topological polar surface area (TPSA) is 116 Å². The van der Waals surface area contributed by atoms with E-state index in [-0.39, 0.29) is 12.6 Å². The molecule has 9 heteroatoms. The van der Waals surface area contributed by atoms with Crippen LogP contribution in [0.15, 0.2) is 0 Å². The molecular formula is C17H27N3O6. The third-order valence-corrected chi connectivity index (χ3v) is 4.49. The Kier molecular flexibility index (Phi) is 6.09. The first-order chi connectivity index (χ1) is 12.1. The van der Waals surface area contributed by atoms with E-state index in [2.05, 4.69) is 5.32 Å². The van der Waals surface area contributed by atoms with Crippen LogP contribution in [0.3, 0.4) is 0 Å². The van der Waals surface area contributed by atoms with Crippen molar-refractivity contribution in [3.63, 3.8) is 0 Å². The second-order valence-electron chi connectivity index (χ2n) is 7.70. The molecule has 2 aliphatic rings. The molecule has 26 heavy (non-hydrogen) atoms. The highest BCUT2D eigenvalue weighted by atomic mass is 16.6. The Balaban J connectivity index is 2.02. The van der Waals surface area contributed by atoms with Gasteiger partial charge in [0, 0.05) is 6.04 Å². The van der Waals surface area contributed by atoms with Crippen LogP contribution in [0.5, 0.6) is 0 Å². The number of nitrogens with zero attached hydrogens (tertiary/aromatic N) is 2. The van der Waals surface area contributed by atoms with Crippen molar-refractivity contribution in [2.75, 3.05) is 13.1 Å². The van der Waals surface area contributed by atoms with Gasteiger partial charge in [-0.3, -0.25) is 4.79 Å². The van der Waals surface area contributed by atoms with Gasteiger partial charge < -0.3 is 20.1 Å². The van der Waals surface area contributed by atoms with Crippen molar-refractivity contribution in [2.45, 2.75) is 70.6 Å². The quantitative estimate of drug-likeness (QED) is 0.777. The smallest absolute Gasteiger partial charge is 0.408 e. The van der Waals surface area contributed by atoms with Crippen LogP contribution in [-0.2, 0) is 14.3 Å². The summed E-state index contributed by atoms with van der Waals surface area (Å²) in [5.74, 6) is -1.99. The molecule has 1 saturated carbocycles. The lowest BCUT2D eigenvalue weighted by molar-refractivity contribution is -0.145. The van der Waals surface area contributed by atoms with Crippen molar-refractivity contribution >= 4 is 24.0 Å². The van der Waals surface area contributed by atoms with Crippen molar-refractivity contribution in [1.29, 1.82) is 0 Å². The first kappa shape index (κ1) is 20.0. The van der Waals surface area contributed by atoms with Crippen LogP contribution >= 0.6 is 0 Å². The Morgan fingerprint density at radius 1 is 1.19 bits per heavy atom. The molecule has 1 unspecified atom stereocenters. The standard InChI is InChI=1S/C17H27N3O6/c1-17(2,3)26-15(24)18-9-13(21)20-12(14(22)23)10-19(16(20)25)11-7-5-4-6-8-11/h11-12H,4-10H2,1-3H3,(H,18,24)(H,22,23). The van der Waals surface area contributed by atoms with Gasteiger partial charge in [0.15, 0.2) is 6.04 Å². The number of nitrogens with one attached hydrogen (secondary N) is 1. The number of hydrogen-bond acceptors (Lipinski definition) is 5. The Morgan fingerprint density at radius 2 is 1.81 bits per heavy atom. The van der Waals surface area contributed by atoms with Crippen LogP contribution < -0.4 is 5.32 Å². The van der Waals surface area contributed by atoms with E-state index >= 15 is 0 Å². The van der Waals surface area contributed by atoms with Crippen molar-refractivity contribution in [1.82, 2.24) is 15.1 Å². The minimum Gasteiger partial charge on any atom is -0.480 e. The molecule has 0 aromatic rings. The van der Waals surface area contributed by atoms with E-state index in [9.17, 15) is 24.3 Å². The van der Waals surface area contributed by atoms with Crippen molar-refractivity contribution in [3.8, 4) is 0 Å². The minimum atomic E-state index is -1.24. The van der Waals surface area contributed by atoms with Crippen LogP contribution in [0.4, 0.5) is 9.59 Å². The Hall–Kier alpha value is -2.32. The fourth-order valence-electron chi connectivity index (χ4n) is 3.33. The maximum absolute atomic E-state index is 12.7. The molecule has 9 nitrogen and oxygen atoms in total. The third-order valence-electron chi connectivity index (χ3n) is 4.49. The Bertz CT molecular complexity index is 580. The molecule has 2 N–H and O–H groups in total. The van der Waals surface area contributed by atoms with Gasteiger partial charge in [0.25, 0.3) is 5.91 Å². The zero-order valence-electron chi connectivity index (χ0n) is 15.5. The average Bonchev–Trinajstić information content (AvgIpc) is 2.89. The lowest BCUT2D eigenvalue weighted by Gasteiger charge is -2.30. The first-order valence-corrected chi connectivity index (χ1v) is 8.92. The summed E-state index contributed by atoms with van der Waals surface area (Å²) in [4.78, 5) is 50.5. The third kappa shape index (κ3) is 4.86. The molecule has 1 atom stereocenters. The second kappa shape index (κ2) is 7.92. The molecule has 1 aliphatic heterocycles. The van der Waals surface area contributed by atoms with E-state index in [1.807, 2.05) is 0 Å². The monoisotopic (exact) mass is 369 g/mol. The summed E-state index contributed by atoms with van der Waals surface area (Å²) in [6, 6.07) is -1.87. The molecule has 0 radical (unpaired) electrons. The number of alkyl carbamates (subject to hydrolysis) is 1. The van der Waals surface area contributed by atoms with E-state index < -0.39 is 42.2 Å². The molecule has 1 saturated heterocycles. The molecule has 4 amide bonds. The Morgan fingerprint density at radius 3 is 2.35 bits per heavy atom. The van der Waals surface area contributed by atoms with Crippen LogP contribution in [0.25, 0.3) is 0 Å². The van der Waals surface area contributed by atoms with E-state index in [1.54, 1.807) is 20.8 Å². The Labute approximate surface area is 152 Å². The van der Waals surface area contributed by atoms with Gasteiger partial charge in [-0.15, -0.1) is 0 Å². The molecule has 0 spiro atoms. The molecule has 0 aromatic carbocycles. The predicted octanol–water partition coefficient (Wildman–Crippen LogP) is 1.56. The number of carboxylic acid groups (broad SMARTS) is 1. The highest BCUT2D eigenvalue weighted by Gasteiger charge is 2.47. The van der Waals surface area contributed by atoms with Crippen LogP contribution in [0, 0.1) is 0 Å². The maximum atomic E-state index is 12.7. The molecule has 0 bridgehead atoms. The predicted molar refractivity (Wildman–Crippen MR) is 91.5 cm³/mol. The van der Waals surface area contributed by atoms with Gasteiger partial charge in [-0.1, -0.05) is 19.3 Å². The lowest BCUT2D eigenvalue weighted by Crippen LogP contribution is -2.49. The van der Waals surface area contributed by atoms with Gasteiger partial charge in [-0.25, -0.2) is 19.3 Å². The van der Waals surface area contributed by atoms with E-state index in [4.69, 9.17) is 4.74 Å². The number of urea groups is 1. The number of carbonyl (C=O) groups excluding carboxylic acids is 3. The fourth-order valence-corrected chi connectivity index (χ4v) is 3.33. The zero-order chi connectivity index (χ0) is 19.5. The van der Waals surface area contributed by atoms with Crippen LogP contribution in [-0.4, -0.2) is 69.7 Å². The number of amides is 4.